The van der Waals surface area contributed by atoms with Crippen LogP contribution in [0.2, 0.25) is 0 Å². The Balaban J connectivity index is 1.60. The minimum atomic E-state index is 0.720. The van der Waals surface area contributed by atoms with Gasteiger partial charge in [-0.3, -0.25) is 0 Å². The van der Waals surface area contributed by atoms with Crippen LogP contribution in [0.25, 0.3) is 0 Å². The molecule has 0 aromatic carbocycles. The van der Waals surface area contributed by atoms with Crippen molar-refractivity contribution < 1.29 is 0 Å². The Hall–Kier alpha value is -0.0800. The molecule has 2 heteroatoms. The summed E-state index contributed by atoms with van der Waals surface area (Å²) in [4.78, 5) is 2.48. The van der Waals surface area contributed by atoms with Crippen LogP contribution >= 0.6 is 0 Å². The molecule has 2 fully saturated rings. The largest absolute Gasteiger partial charge is 0.313 e. The van der Waals surface area contributed by atoms with Crippen LogP contribution in [0.3, 0.4) is 0 Å². The molecule has 1 N–H and O–H groups in total. The van der Waals surface area contributed by atoms with E-state index in [-0.39, 0.29) is 0 Å². The van der Waals surface area contributed by atoms with Gasteiger partial charge < -0.3 is 10.2 Å². The third kappa shape index (κ3) is 4.24. The topological polar surface area (TPSA) is 15.3 Å². The van der Waals surface area contributed by atoms with E-state index in [1.807, 2.05) is 0 Å². The molecule has 2 rings (SSSR count). The number of likely N-dealkylation sites (N-methyl/N-ethyl adjacent to an activating group) is 1. The van der Waals surface area contributed by atoms with E-state index < -0.39 is 0 Å². The van der Waals surface area contributed by atoms with Crippen molar-refractivity contribution in [3.8, 4) is 0 Å². The van der Waals surface area contributed by atoms with E-state index in [0.29, 0.717) is 0 Å². The summed E-state index contributed by atoms with van der Waals surface area (Å²) in [6.45, 7) is 6.96. The van der Waals surface area contributed by atoms with Gasteiger partial charge in [-0.2, -0.15) is 0 Å². The van der Waals surface area contributed by atoms with Crippen LogP contribution in [0, 0.1) is 11.8 Å². The van der Waals surface area contributed by atoms with Crippen molar-refractivity contribution in [2.45, 2.75) is 70.9 Å². The molecular formula is C16H32N2. The van der Waals surface area contributed by atoms with Gasteiger partial charge in [-0.25, -0.2) is 0 Å². The van der Waals surface area contributed by atoms with Gasteiger partial charge in [0, 0.05) is 25.2 Å². The van der Waals surface area contributed by atoms with Gasteiger partial charge in [0.05, 0.1) is 0 Å². The van der Waals surface area contributed by atoms with Crippen molar-refractivity contribution in [1.29, 1.82) is 0 Å². The number of rotatable bonds is 7. The van der Waals surface area contributed by atoms with Gasteiger partial charge in [0.2, 0.25) is 0 Å². The molecule has 0 amide bonds. The van der Waals surface area contributed by atoms with E-state index in [9.17, 15) is 0 Å². The zero-order valence-electron chi connectivity index (χ0n) is 12.6. The zero-order valence-corrected chi connectivity index (χ0v) is 12.6. The van der Waals surface area contributed by atoms with Gasteiger partial charge in [0.1, 0.15) is 0 Å². The molecule has 0 radical (unpaired) electrons. The smallest absolute Gasteiger partial charge is 0.0107 e. The van der Waals surface area contributed by atoms with Crippen molar-refractivity contribution >= 4 is 0 Å². The Bertz CT molecular complexity index is 237. The maximum absolute atomic E-state index is 3.80. The average Bonchev–Trinajstić information content (AvgIpc) is 3.22. The first kappa shape index (κ1) is 14.3. The Kier molecular flexibility index (Phi) is 5.50. The fourth-order valence-electron chi connectivity index (χ4n) is 3.39. The van der Waals surface area contributed by atoms with Gasteiger partial charge in [-0.15, -0.1) is 0 Å². The van der Waals surface area contributed by atoms with Crippen molar-refractivity contribution in [2.75, 3.05) is 20.1 Å². The quantitative estimate of drug-likeness (QED) is 0.748. The van der Waals surface area contributed by atoms with Crippen molar-refractivity contribution in [2.24, 2.45) is 11.8 Å². The number of nitrogens with one attached hydrogen (secondary N) is 1. The molecule has 2 saturated carbocycles. The molecule has 2 aliphatic rings. The minimum Gasteiger partial charge on any atom is -0.313 e. The van der Waals surface area contributed by atoms with Gasteiger partial charge in [0.25, 0.3) is 0 Å². The second-order valence-electron chi connectivity index (χ2n) is 6.65. The van der Waals surface area contributed by atoms with Gasteiger partial charge in [0.15, 0.2) is 0 Å². The lowest BCUT2D eigenvalue weighted by molar-refractivity contribution is 0.226. The van der Waals surface area contributed by atoms with E-state index in [4.69, 9.17) is 0 Å². The molecule has 106 valence electrons. The predicted molar refractivity (Wildman–Crippen MR) is 78.9 cm³/mol. The average molecular weight is 252 g/mol. The summed E-state index contributed by atoms with van der Waals surface area (Å²) in [6, 6.07) is 1.53. The molecule has 0 heterocycles. The van der Waals surface area contributed by atoms with Gasteiger partial charge in [-0.05, 0) is 57.9 Å². The highest BCUT2D eigenvalue weighted by Crippen LogP contribution is 2.43. The molecule has 0 aromatic rings. The van der Waals surface area contributed by atoms with E-state index in [2.05, 4.69) is 31.1 Å². The number of hydrogen-bond acceptors (Lipinski definition) is 2. The first-order valence-electron chi connectivity index (χ1n) is 8.14. The van der Waals surface area contributed by atoms with Gasteiger partial charge >= 0.3 is 0 Å². The summed E-state index contributed by atoms with van der Waals surface area (Å²) in [6.07, 6.45) is 10.1. The Morgan fingerprint density at radius 1 is 1.17 bits per heavy atom. The summed E-state index contributed by atoms with van der Waals surface area (Å²) in [7, 11) is 2.25. The second-order valence-corrected chi connectivity index (χ2v) is 6.65. The highest BCUT2D eigenvalue weighted by atomic mass is 15.1. The molecule has 0 aliphatic heterocycles. The fraction of sp³-hybridized carbons (Fsp3) is 1.00. The lowest BCUT2D eigenvalue weighted by Crippen LogP contribution is -2.40. The molecule has 18 heavy (non-hydrogen) atoms. The maximum atomic E-state index is 3.80. The zero-order chi connectivity index (χ0) is 13.0. The summed E-state index contributed by atoms with van der Waals surface area (Å²) in [5.74, 6) is 2.17. The third-order valence-corrected chi connectivity index (χ3v) is 5.24. The van der Waals surface area contributed by atoms with Crippen LogP contribution in [0.4, 0.5) is 0 Å². The predicted octanol–water partition coefficient (Wildman–Crippen LogP) is 3.28. The van der Waals surface area contributed by atoms with Crippen LogP contribution in [0.1, 0.15) is 58.8 Å². The molecular weight excluding hydrogens is 220 g/mol. The van der Waals surface area contributed by atoms with E-state index in [0.717, 1.165) is 23.9 Å². The van der Waals surface area contributed by atoms with E-state index in [1.165, 1.54) is 58.0 Å². The summed E-state index contributed by atoms with van der Waals surface area (Å²) in [5, 5.41) is 3.80. The summed E-state index contributed by atoms with van der Waals surface area (Å²) < 4.78 is 0. The fourth-order valence-corrected chi connectivity index (χ4v) is 3.39. The second kappa shape index (κ2) is 6.91. The molecule has 3 atom stereocenters. The van der Waals surface area contributed by atoms with Crippen LogP contribution in [-0.4, -0.2) is 37.1 Å². The SMILES string of the molecule is CCC(C)N(C)CCNC1CCCC(C2CC2)C1. The first-order valence-corrected chi connectivity index (χ1v) is 8.14. The monoisotopic (exact) mass is 252 g/mol. The van der Waals surface area contributed by atoms with Crippen LogP contribution in [0.15, 0.2) is 0 Å². The van der Waals surface area contributed by atoms with E-state index >= 15 is 0 Å². The number of hydrogen-bond donors (Lipinski definition) is 1. The van der Waals surface area contributed by atoms with Crippen molar-refractivity contribution in [1.82, 2.24) is 10.2 Å². The molecule has 0 bridgehead atoms. The Morgan fingerprint density at radius 2 is 1.94 bits per heavy atom. The van der Waals surface area contributed by atoms with Crippen LogP contribution in [0.5, 0.6) is 0 Å². The van der Waals surface area contributed by atoms with Crippen LogP contribution in [-0.2, 0) is 0 Å². The third-order valence-electron chi connectivity index (χ3n) is 5.24. The standard InChI is InChI=1S/C16H32N2/c1-4-13(2)18(3)11-10-17-16-7-5-6-15(12-16)14-8-9-14/h13-17H,4-12H2,1-3H3. The molecule has 0 aromatic heterocycles. The molecule has 3 unspecified atom stereocenters. The molecule has 2 aliphatic carbocycles. The number of nitrogens with zero attached hydrogens (tertiary/aromatic N) is 1. The minimum absolute atomic E-state index is 0.720. The molecule has 0 saturated heterocycles. The van der Waals surface area contributed by atoms with E-state index in [1.54, 1.807) is 0 Å². The lowest BCUT2D eigenvalue weighted by atomic mass is 9.83. The maximum Gasteiger partial charge on any atom is 0.0107 e. The first-order chi connectivity index (χ1) is 8.70. The van der Waals surface area contributed by atoms with Crippen molar-refractivity contribution in [3.05, 3.63) is 0 Å². The normalized spacial score (nSPS) is 30.7. The lowest BCUT2D eigenvalue weighted by Gasteiger charge is -2.31. The van der Waals surface area contributed by atoms with Crippen molar-refractivity contribution in [3.63, 3.8) is 0 Å². The highest BCUT2D eigenvalue weighted by molar-refractivity contribution is 4.87. The van der Waals surface area contributed by atoms with Crippen LogP contribution < -0.4 is 5.32 Å². The van der Waals surface area contributed by atoms with Gasteiger partial charge in [-0.1, -0.05) is 19.8 Å². The Labute approximate surface area is 114 Å². The highest BCUT2D eigenvalue weighted by Gasteiger charge is 2.34. The molecule has 2 nitrogen and oxygen atoms in total. The summed E-state index contributed by atoms with van der Waals surface area (Å²) in [5.41, 5.74) is 0. The summed E-state index contributed by atoms with van der Waals surface area (Å²) >= 11 is 0. The molecule has 0 spiro atoms. The Morgan fingerprint density at radius 3 is 2.61 bits per heavy atom.